The number of carbonyl (C=O) groups excluding carboxylic acids is 1. The van der Waals surface area contributed by atoms with E-state index in [1.54, 1.807) is 28.5 Å². The fourth-order valence-corrected chi connectivity index (χ4v) is 3.99. The zero-order valence-electron chi connectivity index (χ0n) is 22.6. The van der Waals surface area contributed by atoms with Gasteiger partial charge in [-0.15, -0.1) is 20.4 Å². The van der Waals surface area contributed by atoms with Gasteiger partial charge in [-0.3, -0.25) is 9.48 Å². The summed E-state index contributed by atoms with van der Waals surface area (Å²) < 4.78 is 20.1. The lowest BCUT2D eigenvalue weighted by Gasteiger charge is -2.26. The first-order chi connectivity index (χ1) is 18.0. The van der Waals surface area contributed by atoms with Crippen LogP contribution in [0.25, 0.3) is 27.9 Å². The van der Waals surface area contributed by atoms with Gasteiger partial charge >= 0.3 is 5.97 Å². The number of fused-ring (bicyclic) bond motifs is 3. The second-order valence-electron chi connectivity index (χ2n) is 10.00. The van der Waals surface area contributed by atoms with Crippen molar-refractivity contribution in [3.63, 3.8) is 0 Å². The molecule has 0 saturated heterocycles. The van der Waals surface area contributed by atoms with Gasteiger partial charge in [0.1, 0.15) is 30.7 Å². The Morgan fingerprint density at radius 2 is 1.87 bits per heavy atom. The number of aromatic nitrogens is 8. The van der Waals surface area contributed by atoms with E-state index in [-0.39, 0.29) is 18.7 Å². The number of esters is 1. The zero-order valence-corrected chi connectivity index (χ0v) is 22.6. The molecular formula is C25H32N9O4+. The summed E-state index contributed by atoms with van der Waals surface area (Å²) in [6, 6.07) is 9.53. The van der Waals surface area contributed by atoms with Crippen LogP contribution in [-0.4, -0.2) is 84.2 Å². The molecule has 4 aromatic heterocycles. The van der Waals surface area contributed by atoms with Gasteiger partial charge in [0.2, 0.25) is 11.7 Å². The number of likely N-dealkylation sites (N-methyl/N-ethyl adjacent to an activating group) is 1. The summed E-state index contributed by atoms with van der Waals surface area (Å²) in [7, 11) is 8.01. The average molecular weight is 523 g/mol. The van der Waals surface area contributed by atoms with Crippen LogP contribution in [0.15, 0.2) is 41.1 Å². The third-order valence-electron chi connectivity index (χ3n) is 5.27. The summed E-state index contributed by atoms with van der Waals surface area (Å²) in [5.41, 5.74) is 1.88. The van der Waals surface area contributed by atoms with E-state index in [9.17, 15) is 4.79 Å². The van der Waals surface area contributed by atoms with Gasteiger partial charge in [0.15, 0.2) is 11.3 Å². The highest BCUT2D eigenvalue weighted by Gasteiger charge is 2.19. The molecule has 0 aliphatic heterocycles. The Morgan fingerprint density at radius 3 is 2.47 bits per heavy atom. The highest BCUT2D eigenvalue weighted by Crippen LogP contribution is 2.29. The number of quaternary nitrogens is 1. The fraction of sp³-hybridized carbons (Fsp3) is 0.400. The molecule has 1 unspecified atom stereocenters. The lowest BCUT2D eigenvalue weighted by Crippen LogP contribution is -2.41. The van der Waals surface area contributed by atoms with Crippen molar-refractivity contribution < 1.29 is 23.3 Å². The molecule has 0 fully saturated rings. The Morgan fingerprint density at radius 1 is 1.13 bits per heavy atom. The van der Waals surface area contributed by atoms with Gasteiger partial charge in [-0.1, -0.05) is 28.6 Å². The lowest BCUT2D eigenvalue weighted by molar-refractivity contribution is -0.873. The molecule has 5 rings (SSSR count). The minimum absolute atomic E-state index is 0.00694. The summed E-state index contributed by atoms with van der Waals surface area (Å²) in [6.45, 7) is 6.26. The van der Waals surface area contributed by atoms with E-state index in [0.717, 1.165) is 21.8 Å². The predicted octanol–water partition coefficient (Wildman–Crippen LogP) is 2.59. The summed E-state index contributed by atoms with van der Waals surface area (Å²) in [5.74, 6) is 1.41. The average Bonchev–Trinajstić information content (AvgIpc) is 3.55. The van der Waals surface area contributed by atoms with Crippen LogP contribution < -0.4 is 4.74 Å². The predicted molar refractivity (Wildman–Crippen MR) is 138 cm³/mol. The highest BCUT2D eigenvalue weighted by molar-refractivity contribution is 5.96. The van der Waals surface area contributed by atoms with Gasteiger partial charge in [-0.25, -0.2) is 0 Å². The van der Waals surface area contributed by atoms with Crippen molar-refractivity contribution in [1.82, 2.24) is 40.0 Å². The van der Waals surface area contributed by atoms with Crippen molar-refractivity contribution in [1.29, 1.82) is 0 Å². The Bertz CT molecular complexity index is 1550. The Labute approximate surface area is 219 Å². The van der Waals surface area contributed by atoms with Crippen LogP contribution in [0.5, 0.6) is 5.88 Å². The van der Waals surface area contributed by atoms with Gasteiger partial charge in [-0.05, 0) is 19.9 Å². The normalized spacial score (nSPS) is 12.3. The molecule has 0 saturated carbocycles. The van der Waals surface area contributed by atoms with Gasteiger partial charge < -0.3 is 18.5 Å². The number of nitrogens with zero attached hydrogens (tertiary/aromatic N) is 9. The molecular weight excluding hydrogens is 490 g/mol. The Hall–Kier alpha value is -4.39. The first-order valence-corrected chi connectivity index (χ1v) is 12.0. The van der Waals surface area contributed by atoms with Crippen molar-refractivity contribution in [2.75, 3.05) is 27.7 Å². The van der Waals surface area contributed by atoms with Crippen molar-refractivity contribution in [2.24, 2.45) is 7.05 Å². The van der Waals surface area contributed by atoms with Gasteiger partial charge in [0.05, 0.1) is 27.3 Å². The molecule has 0 amide bonds. The maximum atomic E-state index is 10.5. The van der Waals surface area contributed by atoms with Crippen LogP contribution in [-0.2, 0) is 23.2 Å². The molecule has 1 atom stereocenters. The quantitative estimate of drug-likeness (QED) is 0.232. The second-order valence-corrected chi connectivity index (χ2v) is 10.00. The van der Waals surface area contributed by atoms with Crippen molar-refractivity contribution in [3.05, 3.63) is 48.0 Å². The summed E-state index contributed by atoms with van der Waals surface area (Å²) in [6.07, 6.45) is 1.80. The molecule has 0 bridgehead atoms. The molecule has 0 aliphatic carbocycles. The molecule has 200 valence electrons. The van der Waals surface area contributed by atoms with Crippen LogP contribution in [0, 0.1) is 6.92 Å². The Kier molecular flexibility index (Phi) is 7.67. The summed E-state index contributed by atoms with van der Waals surface area (Å²) in [4.78, 5) is 10.5. The SMILES string of the molecule is CC(=O)OC(C)C[N+](C)(C)C.Cc1cc(-c2nnc3c4ccccc4c(OCc4cn(C)nn4)nn23)no1. The van der Waals surface area contributed by atoms with Crippen LogP contribution in [0.3, 0.4) is 0 Å². The second kappa shape index (κ2) is 10.9. The molecule has 4 heterocycles. The molecule has 0 aliphatic rings. The van der Waals surface area contributed by atoms with Crippen LogP contribution >= 0.6 is 0 Å². The van der Waals surface area contributed by atoms with E-state index in [2.05, 4.69) is 51.9 Å². The molecule has 0 radical (unpaired) electrons. The summed E-state index contributed by atoms with van der Waals surface area (Å²) in [5, 5.41) is 26.8. The van der Waals surface area contributed by atoms with E-state index in [1.807, 2.05) is 38.1 Å². The standard InChI is InChI=1S/C17H14N8O2.C8H18NO2/c1-10-7-14(22-27-10)16-20-19-15-12-5-3-4-6-13(12)17(21-25(15)16)26-9-11-8-24(2)23-18-11;1-7(11-8(2)10)6-9(3,4)5/h3-8H,9H2,1-2H3;7H,6H2,1-5H3/q;+1. The lowest BCUT2D eigenvalue weighted by atomic mass is 10.2. The van der Waals surface area contributed by atoms with Crippen LogP contribution in [0.2, 0.25) is 0 Å². The fourth-order valence-electron chi connectivity index (χ4n) is 3.99. The minimum Gasteiger partial charge on any atom is -0.470 e. The first kappa shape index (κ1) is 26.7. The molecule has 1 aromatic carbocycles. The number of ether oxygens (including phenoxy) is 2. The van der Waals surface area contributed by atoms with Gasteiger partial charge in [0.25, 0.3) is 0 Å². The first-order valence-electron chi connectivity index (χ1n) is 12.0. The maximum absolute atomic E-state index is 10.5. The van der Waals surface area contributed by atoms with E-state index in [4.69, 9.17) is 14.0 Å². The number of carbonyl (C=O) groups is 1. The van der Waals surface area contributed by atoms with Crippen molar-refractivity contribution >= 4 is 22.4 Å². The topological polar surface area (TPSA) is 135 Å². The number of aryl methyl sites for hydroxylation is 2. The third kappa shape index (κ3) is 6.48. The van der Waals surface area contributed by atoms with Crippen LogP contribution in [0.4, 0.5) is 0 Å². The minimum atomic E-state index is -0.203. The number of hydrogen-bond acceptors (Lipinski definition) is 10. The highest BCUT2D eigenvalue weighted by atomic mass is 16.5. The zero-order chi connectivity index (χ0) is 27.4. The third-order valence-corrected chi connectivity index (χ3v) is 5.27. The maximum Gasteiger partial charge on any atom is 0.303 e. The van der Waals surface area contributed by atoms with Gasteiger partial charge in [-0.2, -0.15) is 4.52 Å². The number of hydrogen-bond donors (Lipinski definition) is 0. The molecule has 5 aromatic rings. The van der Waals surface area contributed by atoms with E-state index < -0.39 is 0 Å². The largest absolute Gasteiger partial charge is 0.470 e. The van der Waals surface area contributed by atoms with E-state index in [1.165, 1.54) is 6.92 Å². The van der Waals surface area contributed by atoms with E-state index >= 15 is 0 Å². The summed E-state index contributed by atoms with van der Waals surface area (Å²) >= 11 is 0. The molecule has 13 nitrogen and oxygen atoms in total. The molecule has 0 N–H and O–H groups in total. The molecule has 0 spiro atoms. The number of rotatable bonds is 7. The molecule has 13 heteroatoms. The van der Waals surface area contributed by atoms with Gasteiger partial charge in [0, 0.05) is 30.8 Å². The number of benzene rings is 1. The van der Waals surface area contributed by atoms with E-state index in [0.29, 0.717) is 34.5 Å². The molecule has 38 heavy (non-hydrogen) atoms. The smallest absolute Gasteiger partial charge is 0.303 e. The van der Waals surface area contributed by atoms with Crippen LogP contribution in [0.1, 0.15) is 25.3 Å². The monoisotopic (exact) mass is 522 g/mol. The Balaban J connectivity index is 0.000000261. The van der Waals surface area contributed by atoms with Crippen molar-refractivity contribution in [3.8, 4) is 17.4 Å². The van der Waals surface area contributed by atoms with Crippen molar-refractivity contribution in [2.45, 2.75) is 33.5 Å².